The Hall–Kier alpha value is -1.77. The average Bonchev–Trinajstić information content (AvgIpc) is 2.54. The van der Waals surface area contributed by atoms with Crippen molar-refractivity contribution in [1.29, 1.82) is 0 Å². The zero-order valence-electron chi connectivity index (χ0n) is 13.5. The molecule has 0 aromatic heterocycles. The topological polar surface area (TPSA) is 46.5 Å². The molecule has 0 unspecified atom stereocenters. The van der Waals surface area contributed by atoms with Gasteiger partial charge in [-0.05, 0) is 68.6 Å². The summed E-state index contributed by atoms with van der Waals surface area (Å²) in [5, 5.41) is 9.23. The molecule has 3 nitrogen and oxygen atoms in total. The summed E-state index contributed by atoms with van der Waals surface area (Å²) in [4.78, 5) is 11.2. The van der Waals surface area contributed by atoms with E-state index in [9.17, 15) is 9.90 Å². The first-order valence-electron chi connectivity index (χ1n) is 8.28. The Kier molecular flexibility index (Phi) is 6.05. The van der Waals surface area contributed by atoms with Crippen molar-refractivity contribution in [3.8, 4) is 5.75 Å². The van der Waals surface area contributed by atoms with Gasteiger partial charge in [0.05, 0.1) is 6.61 Å². The van der Waals surface area contributed by atoms with Gasteiger partial charge in [-0.2, -0.15) is 0 Å². The minimum atomic E-state index is -0.761. The van der Waals surface area contributed by atoms with Crippen LogP contribution in [0.2, 0.25) is 0 Å². The molecule has 0 saturated heterocycles. The lowest BCUT2D eigenvalue weighted by Crippen LogP contribution is -2.19. The number of aliphatic carboxylic acids is 1. The van der Waals surface area contributed by atoms with Gasteiger partial charge in [-0.3, -0.25) is 0 Å². The zero-order chi connectivity index (χ0) is 15.9. The molecule has 3 heteroatoms. The van der Waals surface area contributed by atoms with Crippen molar-refractivity contribution in [2.45, 2.75) is 51.9 Å². The number of carboxylic acids is 1. The molecule has 0 heterocycles. The first kappa shape index (κ1) is 16.6. The number of allylic oxidation sites excluding steroid dienone is 1. The lowest BCUT2D eigenvalue weighted by molar-refractivity contribution is -0.133. The quantitative estimate of drug-likeness (QED) is 0.769. The number of benzene rings is 1. The fraction of sp³-hybridized carbons (Fsp3) is 0.526. The number of carboxylic acid groups (broad SMARTS) is 1. The second kappa shape index (κ2) is 8.02. The zero-order valence-corrected chi connectivity index (χ0v) is 13.5. The average molecular weight is 302 g/mol. The number of hydrogen-bond donors (Lipinski definition) is 1. The highest BCUT2D eigenvalue weighted by atomic mass is 16.5. The molecule has 0 bridgehead atoms. The molecule has 1 saturated carbocycles. The lowest BCUT2D eigenvalue weighted by atomic mass is 9.76. The number of rotatable bonds is 6. The van der Waals surface area contributed by atoms with Gasteiger partial charge in [0.2, 0.25) is 0 Å². The maximum absolute atomic E-state index is 11.2. The van der Waals surface area contributed by atoms with Crippen LogP contribution in [-0.4, -0.2) is 17.7 Å². The number of carbonyl (C=O) groups is 1. The van der Waals surface area contributed by atoms with Gasteiger partial charge in [0.15, 0.2) is 0 Å². The Morgan fingerprint density at radius 2 is 1.86 bits per heavy atom. The van der Waals surface area contributed by atoms with E-state index in [1.165, 1.54) is 5.56 Å². The number of ether oxygens (including phenoxy) is 1. The Morgan fingerprint density at radius 3 is 2.36 bits per heavy atom. The highest BCUT2D eigenvalue weighted by Crippen LogP contribution is 2.39. The summed E-state index contributed by atoms with van der Waals surface area (Å²) in [6.45, 7) is 4.68. The molecule has 0 spiro atoms. The molecule has 2 rings (SSSR count). The van der Waals surface area contributed by atoms with Crippen LogP contribution in [0, 0.1) is 5.92 Å². The normalized spacial score (nSPS) is 22.4. The fourth-order valence-corrected chi connectivity index (χ4v) is 3.33. The molecule has 1 aromatic rings. The molecular formula is C19H26O3. The van der Waals surface area contributed by atoms with Crippen LogP contribution in [0.25, 0.3) is 0 Å². The van der Waals surface area contributed by atoms with Crippen LogP contribution < -0.4 is 4.74 Å². The standard InChI is InChI=1S/C19H26O3/c1-3-13-22-17-11-9-15(10-12-17)14-5-7-16(8-6-14)18(4-2)19(20)21/h4,9-12,14,16H,3,5-8,13H2,1-2H3,(H,20,21)/t14-,16-. The van der Waals surface area contributed by atoms with Crippen LogP contribution >= 0.6 is 0 Å². The second-order valence-electron chi connectivity index (χ2n) is 6.02. The van der Waals surface area contributed by atoms with E-state index in [0.717, 1.165) is 44.5 Å². The van der Waals surface area contributed by atoms with Crippen LogP contribution in [0.15, 0.2) is 35.9 Å². The summed E-state index contributed by atoms with van der Waals surface area (Å²) in [6.07, 6.45) is 6.82. The minimum absolute atomic E-state index is 0.214. The third-order valence-electron chi connectivity index (χ3n) is 4.55. The van der Waals surface area contributed by atoms with Crippen molar-refractivity contribution in [3.05, 3.63) is 41.5 Å². The van der Waals surface area contributed by atoms with E-state index >= 15 is 0 Å². The van der Waals surface area contributed by atoms with Gasteiger partial charge >= 0.3 is 5.97 Å². The molecule has 22 heavy (non-hydrogen) atoms. The van der Waals surface area contributed by atoms with Gasteiger partial charge in [0.1, 0.15) is 5.75 Å². The first-order valence-corrected chi connectivity index (χ1v) is 8.28. The van der Waals surface area contributed by atoms with E-state index in [2.05, 4.69) is 19.1 Å². The van der Waals surface area contributed by atoms with Crippen LogP contribution in [0.5, 0.6) is 5.75 Å². The fourth-order valence-electron chi connectivity index (χ4n) is 3.33. The van der Waals surface area contributed by atoms with Gasteiger partial charge < -0.3 is 9.84 Å². The van der Waals surface area contributed by atoms with E-state index in [-0.39, 0.29) is 5.92 Å². The lowest BCUT2D eigenvalue weighted by Gasteiger charge is -2.29. The number of hydrogen-bond acceptors (Lipinski definition) is 2. The summed E-state index contributed by atoms with van der Waals surface area (Å²) in [7, 11) is 0. The molecule has 1 aromatic carbocycles. The molecule has 0 aliphatic heterocycles. The van der Waals surface area contributed by atoms with Crippen molar-refractivity contribution in [1.82, 2.24) is 0 Å². The maximum atomic E-state index is 11.2. The summed E-state index contributed by atoms with van der Waals surface area (Å²) < 4.78 is 5.61. The Morgan fingerprint density at radius 1 is 1.23 bits per heavy atom. The van der Waals surface area contributed by atoms with E-state index in [4.69, 9.17) is 4.74 Å². The third-order valence-corrected chi connectivity index (χ3v) is 4.55. The van der Waals surface area contributed by atoms with Crippen LogP contribution in [0.1, 0.15) is 57.4 Å². The molecule has 1 N–H and O–H groups in total. The Bertz CT molecular complexity index is 508. The first-order chi connectivity index (χ1) is 10.7. The molecule has 0 amide bonds. The Labute approximate surface area is 133 Å². The predicted octanol–water partition coefficient (Wildman–Crippen LogP) is 4.78. The third kappa shape index (κ3) is 4.12. The van der Waals surface area contributed by atoms with Gasteiger partial charge in [0.25, 0.3) is 0 Å². The van der Waals surface area contributed by atoms with Crippen molar-refractivity contribution in [2.24, 2.45) is 5.92 Å². The predicted molar refractivity (Wildman–Crippen MR) is 88.3 cm³/mol. The van der Waals surface area contributed by atoms with Crippen molar-refractivity contribution < 1.29 is 14.6 Å². The minimum Gasteiger partial charge on any atom is -0.494 e. The molecule has 1 fully saturated rings. The highest BCUT2D eigenvalue weighted by Gasteiger charge is 2.27. The molecular weight excluding hydrogens is 276 g/mol. The summed E-state index contributed by atoms with van der Waals surface area (Å²) in [6, 6.07) is 8.41. The van der Waals surface area contributed by atoms with Crippen LogP contribution in [0.4, 0.5) is 0 Å². The second-order valence-corrected chi connectivity index (χ2v) is 6.02. The summed E-state index contributed by atoms with van der Waals surface area (Å²) in [5.74, 6) is 0.930. The van der Waals surface area contributed by atoms with Gasteiger partial charge in [-0.1, -0.05) is 25.1 Å². The maximum Gasteiger partial charge on any atom is 0.331 e. The largest absolute Gasteiger partial charge is 0.494 e. The molecule has 1 aliphatic carbocycles. The Balaban J connectivity index is 1.92. The summed E-state index contributed by atoms with van der Waals surface area (Å²) >= 11 is 0. The van der Waals surface area contributed by atoms with E-state index in [0.29, 0.717) is 11.5 Å². The van der Waals surface area contributed by atoms with E-state index in [1.54, 1.807) is 6.08 Å². The highest BCUT2D eigenvalue weighted by molar-refractivity contribution is 5.87. The smallest absolute Gasteiger partial charge is 0.331 e. The van der Waals surface area contributed by atoms with Gasteiger partial charge in [-0.25, -0.2) is 4.79 Å². The van der Waals surface area contributed by atoms with Gasteiger partial charge in [-0.15, -0.1) is 0 Å². The molecule has 1 aliphatic rings. The van der Waals surface area contributed by atoms with Crippen molar-refractivity contribution in [3.63, 3.8) is 0 Å². The monoisotopic (exact) mass is 302 g/mol. The van der Waals surface area contributed by atoms with E-state index < -0.39 is 5.97 Å². The van der Waals surface area contributed by atoms with Gasteiger partial charge in [0, 0.05) is 5.57 Å². The van der Waals surface area contributed by atoms with Crippen LogP contribution in [-0.2, 0) is 4.79 Å². The SMILES string of the molecule is CC=C(C(=O)O)[C@H]1CC[C@H](c2ccc(OCCC)cc2)CC1. The van der Waals surface area contributed by atoms with Crippen LogP contribution in [0.3, 0.4) is 0 Å². The van der Waals surface area contributed by atoms with E-state index in [1.807, 2.05) is 19.1 Å². The molecule has 120 valence electrons. The molecule has 0 atom stereocenters. The van der Waals surface area contributed by atoms with Crippen molar-refractivity contribution >= 4 is 5.97 Å². The van der Waals surface area contributed by atoms with Crippen molar-refractivity contribution in [2.75, 3.05) is 6.61 Å². The molecule has 0 radical (unpaired) electrons. The summed E-state index contributed by atoms with van der Waals surface area (Å²) in [5.41, 5.74) is 1.93.